The van der Waals surface area contributed by atoms with Gasteiger partial charge in [-0.25, -0.2) is 0 Å². The van der Waals surface area contributed by atoms with Gasteiger partial charge in [-0.05, 0) is 48.4 Å². The van der Waals surface area contributed by atoms with Gasteiger partial charge < -0.3 is 20.1 Å². The molecule has 0 radical (unpaired) electrons. The molecule has 3 aromatic carbocycles. The van der Waals surface area contributed by atoms with Gasteiger partial charge in [0.25, 0.3) is 5.91 Å². The van der Waals surface area contributed by atoms with Gasteiger partial charge in [0.1, 0.15) is 0 Å². The van der Waals surface area contributed by atoms with Crippen molar-refractivity contribution in [3.05, 3.63) is 83.9 Å². The Morgan fingerprint density at radius 1 is 0.867 bits per heavy atom. The Morgan fingerprint density at radius 3 is 2.37 bits per heavy atom. The van der Waals surface area contributed by atoms with Crippen LogP contribution in [0, 0.1) is 0 Å². The lowest BCUT2D eigenvalue weighted by molar-refractivity contribution is -0.117. The van der Waals surface area contributed by atoms with Crippen molar-refractivity contribution in [2.24, 2.45) is 0 Å². The van der Waals surface area contributed by atoms with Gasteiger partial charge in [-0.15, -0.1) is 0 Å². The van der Waals surface area contributed by atoms with E-state index in [0.29, 0.717) is 34.9 Å². The van der Waals surface area contributed by atoms with Gasteiger partial charge in [-0.1, -0.05) is 43.3 Å². The van der Waals surface area contributed by atoms with Crippen LogP contribution in [0.2, 0.25) is 0 Å². The topological polar surface area (TPSA) is 76.7 Å². The molecule has 4 rings (SSSR count). The van der Waals surface area contributed by atoms with Gasteiger partial charge in [-0.2, -0.15) is 0 Å². The van der Waals surface area contributed by atoms with Crippen LogP contribution in [0.3, 0.4) is 0 Å². The second kappa shape index (κ2) is 8.69. The van der Waals surface area contributed by atoms with Gasteiger partial charge in [0.15, 0.2) is 11.5 Å². The van der Waals surface area contributed by atoms with Crippen LogP contribution in [-0.4, -0.2) is 18.6 Å². The lowest BCUT2D eigenvalue weighted by atomic mass is 9.95. The van der Waals surface area contributed by atoms with Crippen molar-refractivity contribution in [3.8, 4) is 11.5 Å². The molecule has 6 nitrogen and oxygen atoms in total. The number of hydrogen-bond acceptors (Lipinski definition) is 4. The van der Waals surface area contributed by atoms with E-state index in [9.17, 15) is 9.59 Å². The predicted octanol–water partition coefficient (Wildman–Crippen LogP) is 4.80. The molecule has 0 aliphatic carbocycles. The van der Waals surface area contributed by atoms with Crippen LogP contribution in [0.15, 0.2) is 72.8 Å². The smallest absolute Gasteiger partial charge is 0.255 e. The number of amides is 2. The van der Waals surface area contributed by atoms with Crippen LogP contribution in [0.1, 0.15) is 35.2 Å². The zero-order valence-corrected chi connectivity index (χ0v) is 16.6. The number of rotatable bonds is 6. The molecule has 2 amide bonds. The monoisotopic (exact) mass is 402 g/mol. The summed E-state index contributed by atoms with van der Waals surface area (Å²) in [6.45, 7) is 2.14. The van der Waals surface area contributed by atoms with Crippen molar-refractivity contribution in [1.82, 2.24) is 0 Å². The molecule has 0 unspecified atom stereocenters. The summed E-state index contributed by atoms with van der Waals surface area (Å²) < 4.78 is 10.6. The summed E-state index contributed by atoms with van der Waals surface area (Å²) >= 11 is 0. The number of nitrogens with one attached hydrogen (secondary N) is 2. The molecule has 2 N–H and O–H groups in total. The van der Waals surface area contributed by atoms with Crippen molar-refractivity contribution >= 4 is 23.2 Å². The number of carbonyl (C=O) groups is 2. The number of ether oxygens (including phenoxy) is 2. The first-order chi connectivity index (χ1) is 14.6. The molecule has 3 aromatic rings. The molecule has 1 aliphatic heterocycles. The number of carbonyl (C=O) groups excluding carboxylic acids is 2. The highest BCUT2D eigenvalue weighted by atomic mass is 16.7. The standard InChI is InChI=1S/C24H22N2O4/c1-2-20(16-7-4-3-5-8-16)24(28)26-19-10-6-9-18(14-19)25-23(27)17-11-12-21-22(13-17)30-15-29-21/h3-14,20H,2,15H2,1H3,(H,25,27)(H,26,28)/t20-/m1/s1. The molecule has 1 heterocycles. The Bertz CT molecular complexity index is 1070. The highest BCUT2D eigenvalue weighted by Crippen LogP contribution is 2.32. The molecule has 6 heteroatoms. The summed E-state index contributed by atoms with van der Waals surface area (Å²) in [5, 5.41) is 5.80. The number of fused-ring (bicyclic) bond motifs is 1. The van der Waals surface area contributed by atoms with E-state index in [1.165, 1.54) is 0 Å². The quantitative estimate of drug-likeness (QED) is 0.621. The van der Waals surface area contributed by atoms with Crippen molar-refractivity contribution in [2.45, 2.75) is 19.3 Å². The minimum absolute atomic E-state index is 0.0806. The molecule has 0 saturated heterocycles. The van der Waals surface area contributed by atoms with Crippen LogP contribution in [-0.2, 0) is 4.79 Å². The summed E-state index contributed by atoms with van der Waals surface area (Å²) in [6, 6.07) is 21.8. The molecular formula is C24H22N2O4. The number of benzene rings is 3. The summed E-state index contributed by atoms with van der Waals surface area (Å²) in [7, 11) is 0. The average Bonchev–Trinajstić information content (AvgIpc) is 3.23. The second-order valence-electron chi connectivity index (χ2n) is 6.96. The highest BCUT2D eigenvalue weighted by Gasteiger charge is 2.19. The summed E-state index contributed by atoms with van der Waals surface area (Å²) in [5.41, 5.74) is 2.65. The zero-order valence-electron chi connectivity index (χ0n) is 16.6. The molecule has 30 heavy (non-hydrogen) atoms. The lowest BCUT2D eigenvalue weighted by Crippen LogP contribution is -2.20. The Morgan fingerprint density at radius 2 is 1.60 bits per heavy atom. The largest absolute Gasteiger partial charge is 0.454 e. The van der Waals surface area contributed by atoms with E-state index in [1.807, 2.05) is 37.3 Å². The maximum atomic E-state index is 12.8. The van der Waals surface area contributed by atoms with Gasteiger partial charge in [0.05, 0.1) is 5.92 Å². The predicted molar refractivity (Wildman–Crippen MR) is 115 cm³/mol. The van der Waals surface area contributed by atoms with E-state index in [2.05, 4.69) is 10.6 Å². The Balaban J connectivity index is 1.45. The fourth-order valence-corrected chi connectivity index (χ4v) is 3.40. The van der Waals surface area contributed by atoms with Crippen molar-refractivity contribution < 1.29 is 19.1 Å². The first kappa shape index (κ1) is 19.5. The molecule has 0 bridgehead atoms. The van der Waals surface area contributed by atoms with Gasteiger partial charge >= 0.3 is 0 Å². The lowest BCUT2D eigenvalue weighted by Gasteiger charge is -2.16. The average molecular weight is 402 g/mol. The number of hydrogen-bond donors (Lipinski definition) is 2. The van der Waals surface area contributed by atoms with Crippen LogP contribution in [0.25, 0.3) is 0 Å². The Labute approximate surface area is 174 Å². The maximum Gasteiger partial charge on any atom is 0.255 e. The van der Waals surface area contributed by atoms with Crippen LogP contribution in [0.5, 0.6) is 11.5 Å². The van der Waals surface area contributed by atoms with E-state index >= 15 is 0 Å². The SMILES string of the molecule is CC[C@@H](C(=O)Nc1cccc(NC(=O)c2ccc3c(c2)OCO3)c1)c1ccccc1. The molecule has 0 spiro atoms. The molecular weight excluding hydrogens is 380 g/mol. The van der Waals surface area contributed by atoms with E-state index < -0.39 is 0 Å². The van der Waals surface area contributed by atoms with Gasteiger partial charge in [-0.3, -0.25) is 9.59 Å². The maximum absolute atomic E-state index is 12.8. The van der Waals surface area contributed by atoms with Crippen molar-refractivity contribution in [2.75, 3.05) is 17.4 Å². The molecule has 152 valence electrons. The first-order valence-electron chi connectivity index (χ1n) is 9.81. The summed E-state index contributed by atoms with van der Waals surface area (Å²) in [6.07, 6.45) is 0.691. The molecule has 1 atom stereocenters. The third-order valence-corrected chi connectivity index (χ3v) is 4.95. The zero-order chi connectivity index (χ0) is 20.9. The summed E-state index contributed by atoms with van der Waals surface area (Å²) in [4.78, 5) is 25.4. The minimum Gasteiger partial charge on any atom is -0.454 e. The van der Waals surface area contributed by atoms with Crippen molar-refractivity contribution in [1.29, 1.82) is 0 Å². The Hall–Kier alpha value is -3.80. The fourth-order valence-electron chi connectivity index (χ4n) is 3.40. The Kier molecular flexibility index (Phi) is 5.66. The highest BCUT2D eigenvalue weighted by molar-refractivity contribution is 6.05. The second-order valence-corrected chi connectivity index (χ2v) is 6.96. The third kappa shape index (κ3) is 4.27. The van der Waals surface area contributed by atoms with Crippen LogP contribution < -0.4 is 20.1 Å². The minimum atomic E-state index is -0.271. The first-order valence-corrected chi connectivity index (χ1v) is 9.81. The molecule has 1 aliphatic rings. The molecule has 0 fully saturated rings. The molecule has 0 aromatic heterocycles. The van der Waals surface area contributed by atoms with Crippen molar-refractivity contribution in [3.63, 3.8) is 0 Å². The van der Waals surface area contributed by atoms with Crippen LogP contribution >= 0.6 is 0 Å². The third-order valence-electron chi connectivity index (χ3n) is 4.95. The van der Waals surface area contributed by atoms with E-state index in [4.69, 9.17) is 9.47 Å². The molecule has 0 saturated carbocycles. The van der Waals surface area contributed by atoms with E-state index in [1.54, 1.807) is 42.5 Å². The summed E-state index contributed by atoms with van der Waals surface area (Å²) in [5.74, 6) is 0.587. The fraction of sp³-hybridized carbons (Fsp3) is 0.167. The van der Waals surface area contributed by atoms with Crippen LogP contribution in [0.4, 0.5) is 11.4 Å². The van der Waals surface area contributed by atoms with E-state index in [0.717, 1.165) is 5.56 Å². The number of anilines is 2. The van der Waals surface area contributed by atoms with E-state index in [-0.39, 0.29) is 24.5 Å². The normalized spacial score (nSPS) is 12.8. The van der Waals surface area contributed by atoms with Gasteiger partial charge in [0, 0.05) is 16.9 Å². The van der Waals surface area contributed by atoms with Gasteiger partial charge in [0.2, 0.25) is 12.7 Å².